The first-order valence-corrected chi connectivity index (χ1v) is 7.93. The number of halogens is 2. The number of hydrogen-bond donors (Lipinski definition) is 1. The smallest absolute Gasteiger partial charge is 0.146 e. The van der Waals surface area contributed by atoms with Crippen molar-refractivity contribution >= 4 is 40.8 Å². The van der Waals surface area contributed by atoms with Crippen LogP contribution in [-0.4, -0.2) is 11.5 Å². The van der Waals surface area contributed by atoms with Crippen LogP contribution in [0.25, 0.3) is 0 Å². The fourth-order valence-corrected chi connectivity index (χ4v) is 3.23. The molecule has 1 heterocycles. The molecule has 2 nitrogen and oxygen atoms in total. The van der Waals surface area contributed by atoms with Gasteiger partial charge in [0.2, 0.25) is 0 Å². The summed E-state index contributed by atoms with van der Waals surface area (Å²) in [6, 6.07) is 8.07. The Morgan fingerprint density at radius 2 is 1.90 bits per heavy atom. The molecule has 0 atom stereocenters. The Balaban J connectivity index is 2.35. The molecule has 1 aromatic heterocycles. The predicted octanol–water partition coefficient (Wildman–Crippen LogP) is 5.59. The number of aromatic nitrogens is 1. The Hall–Kier alpha value is -0.900. The van der Waals surface area contributed by atoms with Crippen molar-refractivity contribution in [2.45, 2.75) is 30.7 Å². The van der Waals surface area contributed by atoms with Crippen molar-refractivity contribution in [3.63, 3.8) is 0 Å². The molecule has 2 rings (SSSR count). The van der Waals surface area contributed by atoms with Gasteiger partial charge in [0, 0.05) is 11.4 Å². The molecule has 0 fully saturated rings. The summed E-state index contributed by atoms with van der Waals surface area (Å²) in [5.74, 6) is 0.672. The molecule has 0 aliphatic carbocycles. The number of nitrogens with one attached hydrogen (secondary N) is 1. The summed E-state index contributed by atoms with van der Waals surface area (Å²) in [6.07, 6.45) is 0. The maximum Gasteiger partial charge on any atom is 0.146 e. The van der Waals surface area contributed by atoms with Crippen LogP contribution in [0.5, 0.6) is 0 Å². The molecular weight excluding hydrogens is 311 g/mol. The molecule has 0 spiro atoms. The van der Waals surface area contributed by atoms with E-state index < -0.39 is 0 Å². The number of anilines is 1. The molecule has 0 amide bonds. The van der Waals surface area contributed by atoms with E-state index >= 15 is 0 Å². The number of nitrogens with zero attached hydrogens (tertiary/aromatic N) is 1. The highest BCUT2D eigenvalue weighted by Crippen LogP contribution is 2.37. The van der Waals surface area contributed by atoms with Gasteiger partial charge in [-0.3, -0.25) is 0 Å². The lowest BCUT2D eigenvalue weighted by atomic mass is 10.2. The molecule has 0 saturated carbocycles. The summed E-state index contributed by atoms with van der Waals surface area (Å²) in [4.78, 5) is 5.66. The van der Waals surface area contributed by atoms with E-state index in [4.69, 9.17) is 23.2 Å². The predicted molar refractivity (Wildman–Crippen MR) is 88.5 cm³/mol. The zero-order valence-electron chi connectivity index (χ0n) is 11.6. The normalized spacial score (nSPS) is 10.7. The Morgan fingerprint density at radius 3 is 2.55 bits per heavy atom. The molecule has 5 heteroatoms. The van der Waals surface area contributed by atoms with Crippen LogP contribution in [0.2, 0.25) is 10.0 Å². The van der Waals surface area contributed by atoms with E-state index in [1.807, 2.05) is 6.92 Å². The van der Waals surface area contributed by atoms with E-state index in [-0.39, 0.29) is 0 Å². The summed E-state index contributed by atoms with van der Waals surface area (Å²) < 4.78 is 0. The van der Waals surface area contributed by atoms with Gasteiger partial charge in [-0.2, -0.15) is 0 Å². The molecule has 0 unspecified atom stereocenters. The van der Waals surface area contributed by atoms with E-state index in [1.165, 1.54) is 11.1 Å². The van der Waals surface area contributed by atoms with Gasteiger partial charge >= 0.3 is 0 Å². The number of benzene rings is 1. The minimum atomic E-state index is 0.543. The van der Waals surface area contributed by atoms with Crippen molar-refractivity contribution in [3.8, 4) is 0 Å². The van der Waals surface area contributed by atoms with Crippen LogP contribution in [0, 0.1) is 13.8 Å². The van der Waals surface area contributed by atoms with Gasteiger partial charge in [0.05, 0.1) is 10.0 Å². The van der Waals surface area contributed by atoms with Gasteiger partial charge in [0.15, 0.2) is 0 Å². The summed E-state index contributed by atoms with van der Waals surface area (Å²) >= 11 is 13.9. The van der Waals surface area contributed by atoms with Gasteiger partial charge in [-0.1, -0.05) is 52.7 Å². The van der Waals surface area contributed by atoms with Crippen molar-refractivity contribution < 1.29 is 0 Å². The van der Waals surface area contributed by atoms with Crippen LogP contribution in [0.1, 0.15) is 18.1 Å². The Labute approximate surface area is 133 Å². The largest absolute Gasteiger partial charge is 0.369 e. The maximum absolute atomic E-state index is 6.24. The standard InChI is InChI=1S/C15H16Cl2N2S/c1-4-18-14-11(16)8-12(17)15(19-14)20-13-6-5-9(2)7-10(13)3/h5-8H,4H2,1-3H3,(H,18,19). The molecule has 1 N–H and O–H groups in total. The van der Waals surface area contributed by atoms with Crippen LogP contribution in [0.15, 0.2) is 34.2 Å². The molecule has 0 bridgehead atoms. The van der Waals surface area contributed by atoms with Gasteiger partial charge in [0.1, 0.15) is 10.8 Å². The Bertz CT molecular complexity index is 630. The van der Waals surface area contributed by atoms with Gasteiger partial charge in [-0.25, -0.2) is 4.98 Å². The molecule has 0 aliphatic rings. The van der Waals surface area contributed by atoms with Crippen LogP contribution < -0.4 is 5.32 Å². The van der Waals surface area contributed by atoms with Gasteiger partial charge in [-0.15, -0.1) is 0 Å². The highest BCUT2D eigenvalue weighted by molar-refractivity contribution is 7.99. The monoisotopic (exact) mass is 326 g/mol. The molecule has 0 saturated heterocycles. The number of rotatable bonds is 4. The van der Waals surface area contributed by atoms with Gasteiger partial charge in [0.25, 0.3) is 0 Å². The fourth-order valence-electron chi connectivity index (χ4n) is 1.83. The Morgan fingerprint density at radius 1 is 1.15 bits per heavy atom. The first-order chi connectivity index (χ1) is 9.51. The second-order valence-corrected chi connectivity index (χ2v) is 6.35. The highest BCUT2D eigenvalue weighted by atomic mass is 35.5. The topological polar surface area (TPSA) is 24.9 Å². The summed E-state index contributed by atoms with van der Waals surface area (Å²) in [5, 5.41) is 5.02. The van der Waals surface area contributed by atoms with E-state index in [2.05, 4.69) is 42.3 Å². The molecule has 0 aliphatic heterocycles. The minimum Gasteiger partial charge on any atom is -0.369 e. The second-order valence-electron chi connectivity index (χ2n) is 4.51. The van der Waals surface area contributed by atoms with Crippen LogP contribution >= 0.6 is 35.0 Å². The van der Waals surface area contributed by atoms with Gasteiger partial charge < -0.3 is 5.32 Å². The first kappa shape index (κ1) is 15.5. The lowest BCUT2D eigenvalue weighted by Gasteiger charge is -2.11. The Kier molecular flexibility index (Phi) is 5.19. The van der Waals surface area contributed by atoms with E-state index in [1.54, 1.807) is 17.8 Å². The van der Waals surface area contributed by atoms with Crippen molar-refractivity contribution in [1.82, 2.24) is 4.98 Å². The molecule has 1 aromatic carbocycles. The lowest BCUT2D eigenvalue weighted by molar-refractivity contribution is 1.08. The van der Waals surface area contributed by atoms with E-state index in [0.29, 0.717) is 15.9 Å². The van der Waals surface area contributed by atoms with E-state index in [0.717, 1.165) is 16.5 Å². The van der Waals surface area contributed by atoms with Crippen molar-refractivity contribution in [2.75, 3.05) is 11.9 Å². The molecule has 2 aromatic rings. The number of pyridine rings is 1. The third-order valence-electron chi connectivity index (χ3n) is 2.78. The molecule has 106 valence electrons. The lowest BCUT2D eigenvalue weighted by Crippen LogP contribution is -2.01. The third-order valence-corrected chi connectivity index (χ3v) is 4.65. The quantitative estimate of drug-likeness (QED) is 0.792. The average molecular weight is 327 g/mol. The summed E-state index contributed by atoms with van der Waals surface area (Å²) in [5.41, 5.74) is 2.46. The molecule has 20 heavy (non-hydrogen) atoms. The molecular formula is C15H16Cl2N2S. The SMILES string of the molecule is CCNc1nc(Sc2ccc(C)cc2C)c(Cl)cc1Cl. The zero-order valence-corrected chi connectivity index (χ0v) is 14.0. The third kappa shape index (κ3) is 3.60. The van der Waals surface area contributed by atoms with Gasteiger partial charge in [-0.05, 0) is 38.5 Å². The molecule has 0 radical (unpaired) electrons. The number of hydrogen-bond acceptors (Lipinski definition) is 3. The highest BCUT2D eigenvalue weighted by Gasteiger charge is 2.11. The fraction of sp³-hybridized carbons (Fsp3) is 0.267. The zero-order chi connectivity index (χ0) is 14.7. The first-order valence-electron chi connectivity index (χ1n) is 6.36. The average Bonchev–Trinajstić information content (AvgIpc) is 2.38. The second kappa shape index (κ2) is 6.70. The number of aryl methyl sites for hydroxylation is 2. The van der Waals surface area contributed by atoms with Crippen LogP contribution in [0.4, 0.5) is 5.82 Å². The maximum atomic E-state index is 6.24. The van der Waals surface area contributed by atoms with E-state index in [9.17, 15) is 0 Å². The minimum absolute atomic E-state index is 0.543. The summed E-state index contributed by atoms with van der Waals surface area (Å²) in [6.45, 7) is 6.94. The summed E-state index contributed by atoms with van der Waals surface area (Å²) in [7, 11) is 0. The van der Waals surface area contributed by atoms with Crippen LogP contribution in [-0.2, 0) is 0 Å². The van der Waals surface area contributed by atoms with Crippen LogP contribution in [0.3, 0.4) is 0 Å². The van der Waals surface area contributed by atoms with Crippen molar-refractivity contribution in [1.29, 1.82) is 0 Å². The van der Waals surface area contributed by atoms with Crippen molar-refractivity contribution in [2.24, 2.45) is 0 Å². The van der Waals surface area contributed by atoms with Crippen molar-refractivity contribution in [3.05, 3.63) is 45.4 Å².